The first-order valence-electron chi connectivity index (χ1n) is 8.53. The number of carbonyl (C=O) groups is 2. The summed E-state index contributed by atoms with van der Waals surface area (Å²) in [5.74, 6) is -1.10. The smallest absolute Gasteiger partial charge is 0.334 e. The fourth-order valence-electron chi connectivity index (χ4n) is 3.21. The first-order chi connectivity index (χ1) is 11.4. The van der Waals surface area contributed by atoms with Gasteiger partial charge in [-0.25, -0.2) is 9.59 Å². The van der Waals surface area contributed by atoms with Crippen molar-refractivity contribution in [2.75, 3.05) is 0 Å². The number of rotatable bonds is 1. The Balaban J connectivity index is 2.23. The second-order valence-electron chi connectivity index (χ2n) is 6.72. The molecule has 0 unspecified atom stereocenters. The van der Waals surface area contributed by atoms with E-state index < -0.39 is 5.97 Å². The molecule has 0 aromatic carbocycles. The molecule has 1 aliphatic carbocycles. The average Bonchev–Trinajstić information content (AvgIpc) is 2.77. The van der Waals surface area contributed by atoms with Crippen LogP contribution >= 0.6 is 0 Å². The highest BCUT2D eigenvalue weighted by Crippen LogP contribution is 2.33. The van der Waals surface area contributed by atoms with E-state index in [1.165, 1.54) is 5.57 Å². The van der Waals surface area contributed by atoms with E-state index in [0.717, 1.165) is 31.3 Å². The van der Waals surface area contributed by atoms with Gasteiger partial charge in [-0.05, 0) is 58.4 Å². The van der Waals surface area contributed by atoms with Crippen LogP contribution < -0.4 is 0 Å². The molecule has 0 spiro atoms. The highest BCUT2D eigenvalue weighted by atomic mass is 16.5. The van der Waals surface area contributed by atoms with Crippen molar-refractivity contribution in [3.05, 3.63) is 47.1 Å². The van der Waals surface area contributed by atoms with Crippen LogP contribution in [0.25, 0.3) is 0 Å². The number of carboxylic acids is 1. The SMILES string of the molecule is C=C1C(=O)O[C@H]2/C=C(\C)CC/C=C(\C(=O)O)CCC=C(C)CC[C@@H]12. The first kappa shape index (κ1) is 18.2. The third kappa shape index (κ3) is 4.70. The van der Waals surface area contributed by atoms with Crippen molar-refractivity contribution in [2.45, 2.75) is 58.5 Å². The van der Waals surface area contributed by atoms with Crippen LogP contribution in [0.5, 0.6) is 0 Å². The minimum absolute atomic E-state index is 0.0314. The van der Waals surface area contributed by atoms with Gasteiger partial charge in [0.05, 0.1) is 0 Å². The molecule has 1 heterocycles. The number of esters is 1. The Morgan fingerprint density at radius 3 is 2.58 bits per heavy atom. The van der Waals surface area contributed by atoms with Gasteiger partial charge < -0.3 is 9.84 Å². The maximum absolute atomic E-state index is 11.8. The van der Waals surface area contributed by atoms with Crippen LogP contribution in [-0.4, -0.2) is 23.1 Å². The van der Waals surface area contributed by atoms with E-state index in [0.29, 0.717) is 24.0 Å². The summed E-state index contributed by atoms with van der Waals surface area (Å²) < 4.78 is 5.46. The van der Waals surface area contributed by atoms with Gasteiger partial charge in [0.1, 0.15) is 6.10 Å². The van der Waals surface area contributed by atoms with Gasteiger partial charge in [-0.2, -0.15) is 0 Å². The summed E-state index contributed by atoms with van der Waals surface area (Å²) in [4.78, 5) is 23.2. The van der Waals surface area contributed by atoms with E-state index in [9.17, 15) is 14.7 Å². The first-order valence-corrected chi connectivity index (χ1v) is 8.53. The number of hydrogen-bond donors (Lipinski definition) is 1. The molecule has 1 fully saturated rings. The normalized spacial score (nSPS) is 30.8. The Kier molecular flexibility index (Phi) is 6.18. The van der Waals surface area contributed by atoms with Gasteiger partial charge in [0.25, 0.3) is 0 Å². The third-order valence-electron chi connectivity index (χ3n) is 4.76. The van der Waals surface area contributed by atoms with Crippen LogP contribution in [0.2, 0.25) is 0 Å². The molecule has 24 heavy (non-hydrogen) atoms. The predicted molar refractivity (Wildman–Crippen MR) is 93.4 cm³/mol. The molecule has 0 radical (unpaired) electrons. The Bertz CT molecular complexity index is 622. The molecule has 2 atom stereocenters. The Morgan fingerprint density at radius 1 is 1.17 bits per heavy atom. The highest BCUT2D eigenvalue weighted by molar-refractivity contribution is 5.91. The van der Waals surface area contributed by atoms with E-state index in [1.807, 2.05) is 26.0 Å². The van der Waals surface area contributed by atoms with Crippen molar-refractivity contribution >= 4 is 11.9 Å². The molecule has 4 heteroatoms. The molecule has 2 rings (SSSR count). The van der Waals surface area contributed by atoms with Crippen molar-refractivity contribution in [1.29, 1.82) is 0 Å². The second-order valence-corrected chi connectivity index (χ2v) is 6.72. The Hall–Kier alpha value is -2.10. The van der Waals surface area contributed by atoms with Crippen molar-refractivity contribution in [2.24, 2.45) is 5.92 Å². The average molecular weight is 330 g/mol. The van der Waals surface area contributed by atoms with Gasteiger partial charge in [0.15, 0.2) is 0 Å². The molecular formula is C20H26O4. The quantitative estimate of drug-likeness (QED) is 0.441. The summed E-state index contributed by atoms with van der Waals surface area (Å²) in [6, 6.07) is 0. The number of allylic oxidation sites excluding steroid dienone is 4. The Morgan fingerprint density at radius 2 is 1.88 bits per heavy atom. The van der Waals surface area contributed by atoms with E-state index in [4.69, 9.17) is 4.74 Å². The minimum Gasteiger partial charge on any atom is -0.478 e. The van der Waals surface area contributed by atoms with Crippen LogP contribution in [0.1, 0.15) is 52.4 Å². The van der Waals surface area contributed by atoms with Crippen LogP contribution in [0, 0.1) is 5.92 Å². The van der Waals surface area contributed by atoms with Crippen molar-refractivity contribution in [1.82, 2.24) is 0 Å². The van der Waals surface area contributed by atoms with Crippen molar-refractivity contribution < 1.29 is 19.4 Å². The molecule has 1 N–H and O–H groups in total. The maximum atomic E-state index is 11.8. The van der Waals surface area contributed by atoms with E-state index in [1.54, 1.807) is 0 Å². The lowest BCUT2D eigenvalue weighted by Crippen LogP contribution is -2.15. The molecule has 1 saturated heterocycles. The minimum atomic E-state index is -0.837. The highest BCUT2D eigenvalue weighted by Gasteiger charge is 2.36. The second kappa shape index (κ2) is 8.13. The maximum Gasteiger partial charge on any atom is 0.334 e. The molecule has 4 nitrogen and oxygen atoms in total. The zero-order valence-electron chi connectivity index (χ0n) is 14.5. The largest absolute Gasteiger partial charge is 0.478 e. The fraction of sp³-hybridized carbons (Fsp3) is 0.500. The molecule has 0 aromatic rings. The number of hydrogen-bond acceptors (Lipinski definition) is 3. The van der Waals surface area contributed by atoms with Crippen LogP contribution in [0.4, 0.5) is 0 Å². The van der Waals surface area contributed by atoms with E-state index in [-0.39, 0.29) is 18.0 Å². The zero-order chi connectivity index (χ0) is 17.7. The summed E-state index contributed by atoms with van der Waals surface area (Å²) in [6.07, 6.45) is 10.1. The van der Waals surface area contributed by atoms with Gasteiger partial charge in [0.2, 0.25) is 0 Å². The number of carboxylic acid groups (broad SMARTS) is 1. The lowest BCUT2D eigenvalue weighted by atomic mass is 9.89. The zero-order valence-corrected chi connectivity index (χ0v) is 14.5. The van der Waals surface area contributed by atoms with Crippen LogP contribution in [0.15, 0.2) is 47.1 Å². The van der Waals surface area contributed by atoms with Gasteiger partial charge >= 0.3 is 11.9 Å². The van der Waals surface area contributed by atoms with Crippen LogP contribution in [0.3, 0.4) is 0 Å². The molecule has 0 saturated carbocycles. The van der Waals surface area contributed by atoms with Crippen LogP contribution in [-0.2, 0) is 14.3 Å². The summed E-state index contributed by atoms with van der Waals surface area (Å²) in [7, 11) is 0. The summed E-state index contributed by atoms with van der Waals surface area (Å²) in [5.41, 5.74) is 3.36. The predicted octanol–water partition coefficient (Wildman–Crippen LogP) is 4.34. The molecule has 0 bridgehead atoms. The van der Waals surface area contributed by atoms with Gasteiger partial charge in [-0.3, -0.25) is 0 Å². The number of ether oxygens (including phenoxy) is 1. The summed E-state index contributed by atoms with van der Waals surface area (Å²) >= 11 is 0. The summed E-state index contributed by atoms with van der Waals surface area (Å²) in [5, 5.41) is 9.29. The van der Waals surface area contributed by atoms with E-state index in [2.05, 4.69) is 12.7 Å². The van der Waals surface area contributed by atoms with E-state index >= 15 is 0 Å². The lowest BCUT2D eigenvalue weighted by molar-refractivity contribution is -0.137. The molecule has 0 aromatic heterocycles. The number of aliphatic carboxylic acids is 1. The molecular weight excluding hydrogens is 304 g/mol. The monoisotopic (exact) mass is 330 g/mol. The molecule has 1 aliphatic heterocycles. The van der Waals surface area contributed by atoms with Crippen molar-refractivity contribution in [3.8, 4) is 0 Å². The lowest BCUT2D eigenvalue weighted by Gasteiger charge is -2.16. The molecule has 130 valence electrons. The van der Waals surface area contributed by atoms with Gasteiger partial charge in [-0.15, -0.1) is 0 Å². The molecule has 2 aliphatic rings. The van der Waals surface area contributed by atoms with Crippen molar-refractivity contribution in [3.63, 3.8) is 0 Å². The molecule has 0 amide bonds. The summed E-state index contributed by atoms with van der Waals surface area (Å²) in [6.45, 7) is 7.95. The Labute approximate surface area is 143 Å². The fourth-order valence-corrected chi connectivity index (χ4v) is 3.21. The van der Waals surface area contributed by atoms with Gasteiger partial charge in [0, 0.05) is 17.1 Å². The third-order valence-corrected chi connectivity index (χ3v) is 4.76. The number of fused-ring (bicyclic) bond motifs is 1. The standard InChI is InChI=1S/C20H26O4/c1-13-6-4-8-16(19(21)22)9-5-7-14(2)12-18-17(11-10-13)15(3)20(23)24-18/h6,9,12,17-18H,3-5,7-8,10-11H2,1-2H3,(H,21,22)/b13-6?,14-12+,16-9-/t17-,18-/m0/s1. The number of carbonyl (C=O) groups excluding carboxylic acids is 1. The van der Waals surface area contributed by atoms with Gasteiger partial charge in [-0.1, -0.05) is 29.9 Å². The topological polar surface area (TPSA) is 63.6 Å².